The number of allylic oxidation sites excluding steroid dienone is 1. The average Bonchev–Trinajstić information content (AvgIpc) is 2.81. The molecule has 0 aromatic rings. The quantitative estimate of drug-likeness (QED) is 0.0850. The van der Waals surface area contributed by atoms with Gasteiger partial charge in [0, 0.05) is 6.42 Å². The van der Waals surface area contributed by atoms with Gasteiger partial charge in [0.15, 0.2) is 0 Å². The molecule has 0 aliphatic rings. The van der Waals surface area contributed by atoms with Crippen LogP contribution >= 0.6 is 0 Å². The van der Waals surface area contributed by atoms with E-state index in [4.69, 9.17) is 4.74 Å². The summed E-state index contributed by atoms with van der Waals surface area (Å²) in [5, 5.41) is 10.6. The number of ether oxygens (including phenoxy) is 1. The van der Waals surface area contributed by atoms with E-state index in [2.05, 4.69) is 47.3 Å². The van der Waals surface area contributed by atoms with Crippen molar-refractivity contribution in [2.75, 3.05) is 6.61 Å². The number of unbranched alkanes of at least 4 members (excludes halogenated alkanes) is 5. The molecule has 0 bridgehead atoms. The summed E-state index contributed by atoms with van der Waals surface area (Å²) in [7, 11) is 0. The third kappa shape index (κ3) is 20.5. The molecular formula is C31H60O3. The highest BCUT2D eigenvalue weighted by Gasteiger charge is 2.16. The topological polar surface area (TPSA) is 46.5 Å². The van der Waals surface area contributed by atoms with Crippen molar-refractivity contribution in [3.63, 3.8) is 0 Å². The molecule has 0 aliphatic carbocycles. The number of carbonyl (C=O) groups excluding carboxylic acids is 1. The van der Waals surface area contributed by atoms with Gasteiger partial charge >= 0.3 is 5.97 Å². The first-order valence-corrected chi connectivity index (χ1v) is 14.8. The predicted octanol–water partition coefficient (Wildman–Crippen LogP) is 9.27. The number of rotatable bonds is 24. The molecule has 5 unspecified atom stereocenters. The van der Waals surface area contributed by atoms with Gasteiger partial charge in [0.25, 0.3) is 0 Å². The molecule has 202 valence electrons. The minimum absolute atomic E-state index is 0.0427. The lowest BCUT2D eigenvalue weighted by Crippen LogP contribution is -2.19. The molecule has 1 N–H and O–H groups in total. The summed E-state index contributed by atoms with van der Waals surface area (Å²) in [6, 6.07) is 0. The Morgan fingerprint density at radius 3 is 2.03 bits per heavy atom. The summed E-state index contributed by atoms with van der Waals surface area (Å²) in [5.41, 5.74) is 0. The Hall–Kier alpha value is -0.830. The minimum atomic E-state index is -0.200. The van der Waals surface area contributed by atoms with E-state index < -0.39 is 0 Å². The monoisotopic (exact) mass is 480 g/mol. The second kappa shape index (κ2) is 22.6. The van der Waals surface area contributed by atoms with Crippen LogP contribution in [0.2, 0.25) is 0 Å². The van der Waals surface area contributed by atoms with Gasteiger partial charge < -0.3 is 9.84 Å². The molecule has 34 heavy (non-hydrogen) atoms. The fraction of sp³-hybridized carbons (Fsp3) is 0.903. The largest absolute Gasteiger partial charge is 0.466 e. The Morgan fingerprint density at radius 2 is 1.35 bits per heavy atom. The van der Waals surface area contributed by atoms with E-state index in [-0.39, 0.29) is 12.1 Å². The zero-order valence-electron chi connectivity index (χ0n) is 23.7. The SMILES string of the molecule is C=CC(C)CCCC(C)CCCC(C)C(O)CCC(C)CCCC(=O)OCCCCCCCC. The van der Waals surface area contributed by atoms with Crippen molar-refractivity contribution in [3.05, 3.63) is 12.7 Å². The average molecular weight is 481 g/mol. The Labute approximate surface area is 213 Å². The number of aliphatic hydroxyl groups is 1. The van der Waals surface area contributed by atoms with Gasteiger partial charge in [0.05, 0.1) is 12.7 Å². The maximum atomic E-state index is 11.9. The van der Waals surface area contributed by atoms with E-state index in [1.54, 1.807) is 0 Å². The number of carbonyl (C=O) groups is 1. The number of esters is 1. The summed E-state index contributed by atoms with van der Waals surface area (Å²) in [4.78, 5) is 11.9. The number of hydrogen-bond acceptors (Lipinski definition) is 3. The van der Waals surface area contributed by atoms with Crippen LogP contribution in [0.1, 0.15) is 144 Å². The summed E-state index contributed by atoms with van der Waals surface area (Å²) in [6.07, 6.45) is 21.0. The minimum Gasteiger partial charge on any atom is -0.466 e. The van der Waals surface area contributed by atoms with E-state index in [0.717, 1.165) is 44.4 Å². The van der Waals surface area contributed by atoms with Crippen molar-refractivity contribution >= 4 is 5.97 Å². The van der Waals surface area contributed by atoms with Gasteiger partial charge in [-0.15, -0.1) is 6.58 Å². The molecule has 5 atom stereocenters. The van der Waals surface area contributed by atoms with Gasteiger partial charge in [-0.1, -0.05) is 105 Å². The zero-order valence-corrected chi connectivity index (χ0v) is 23.7. The maximum absolute atomic E-state index is 11.9. The van der Waals surface area contributed by atoms with Crippen LogP contribution in [0.15, 0.2) is 12.7 Å². The molecule has 0 amide bonds. The lowest BCUT2D eigenvalue weighted by Gasteiger charge is -2.21. The Bertz CT molecular complexity index is 475. The highest BCUT2D eigenvalue weighted by molar-refractivity contribution is 5.69. The molecule has 3 heteroatoms. The predicted molar refractivity (Wildman–Crippen MR) is 148 cm³/mol. The van der Waals surface area contributed by atoms with E-state index in [9.17, 15) is 9.90 Å². The third-order valence-electron chi connectivity index (χ3n) is 7.57. The number of hydrogen-bond donors (Lipinski definition) is 1. The van der Waals surface area contributed by atoms with Crippen LogP contribution in [0.3, 0.4) is 0 Å². The molecule has 0 spiro atoms. The molecule has 0 saturated heterocycles. The maximum Gasteiger partial charge on any atom is 0.305 e. The highest BCUT2D eigenvalue weighted by Crippen LogP contribution is 2.24. The Kier molecular flexibility index (Phi) is 22.1. The Morgan fingerprint density at radius 1 is 0.765 bits per heavy atom. The zero-order chi connectivity index (χ0) is 25.6. The molecule has 3 nitrogen and oxygen atoms in total. The van der Waals surface area contributed by atoms with Crippen LogP contribution in [0.25, 0.3) is 0 Å². The molecule has 0 saturated carbocycles. The van der Waals surface area contributed by atoms with Crippen molar-refractivity contribution in [1.29, 1.82) is 0 Å². The van der Waals surface area contributed by atoms with Gasteiger partial charge in [-0.25, -0.2) is 0 Å². The van der Waals surface area contributed by atoms with Gasteiger partial charge in [0.1, 0.15) is 0 Å². The van der Waals surface area contributed by atoms with Gasteiger partial charge in [0.2, 0.25) is 0 Å². The molecule has 0 radical (unpaired) electrons. The van der Waals surface area contributed by atoms with Crippen LogP contribution in [0.5, 0.6) is 0 Å². The van der Waals surface area contributed by atoms with Gasteiger partial charge in [-0.2, -0.15) is 0 Å². The first kappa shape index (κ1) is 33.2. The van der Waals surface area contributed by atoms with Crippen molar-refractivity contribution in [1.82, 2.24) is 0 Å². The number of aliphatic hydroxyl groups excluding tert-OH is 1. The van der Waals surface area contributed by atoms with E-state index in [0.29, 0.717) is 30.8 Å². The molecule has 0 rings (SSSR count). The Balaban J connectivity index is 3.72. The smallest absolute Gasteiger partial charge is 0.305 e. The highest BCUT2D eigenvalue weighted by atomic mass is 16.5. The van der Waals surface area contributed by atoms with Crippen molar-refractivity contribution < 1.29 is 14.6 Å². The fourth-order valence-electron chi connectivity index (χ4n) is 4.65. The summed E-state index contributed by atoms with van der Waals surface area (Å²) < 4.78 is 5.37. The summed E-state index contributed by atoms with van der Waals surface area (Å²) in [6.45, 7) is 15.7. The second-order valence-electron chi connectivity index (χ2n) is 11.3. The van der Waals surface area contributed by atoms with E-state index in [1.165, 1.54) is 64.2 Å². The van der Waals surface area contributed by atoms with Crippen LogP contribution in [0, 0.1) is 23.7 Å². The molecule has 0 aliphatic heterocycles. The second-order valence-corrected chi connectivity index (χ2v) is 11.3. The van der Waals surface area contributed by atoms with Crippen molar-refractivity contribution in [2.24, 2.45) is 23.7 Å². The first-order chi connectivity index (χ1) is 16.3. The standard InChI is InChI=1S/C31H60O3/c1-7-9-10-11-12-13-25-34-31(33)22-16-20-28(5)23-24-30(32)29(6)21-15-19-27(4)18-14-17-26(3)8-2/h8,26-30,32H,2,7,9-25H2,1,3-6H3. The normalized spacial score (nSPS) is 15.9. The lowest BCUT2D eigenvalue weighted by atomic mass is 9.88. The van der Waals surface area contributed by atoms with E-state index >= 15 is 0 Å². The third-order valence-corrected chi connectivity index (χ3v) is 7.57. The fourth-order valence-corrected chi connectivity index (χ4v) is 4.65. The lowest BCUT2D eigenvalue weighted by molar-refractivity contribution is -0.143. The molecule has 0 heterocycles. The van der Waals surface area contributed by atoms with Crippen molar-refractivity contribution in [3.8, 4) is 0 Å². The molecule has 0 fully saturated rings. The van der Waals surface area contributed by atoms with Crippen LogP contribution < -0.4 is 0 Å². The summed E-state index contributed by atoms with van der Waals surface area (Å²) in [5.74, 6) is 2.29. The van der Waals surface area contributed by atoms with Crippen LogP contribution in [0.4, 0.5) is 0 Å². The summed E-state index contributed by atoms with van der Waals surface area (Å²) >= 11 is 0. The molecule has 0 aromatic heterocycles. The van der Waals surface area contributed by atoms with Crippen LogP contribution in [-0.4, -0.2) is 23.8 Å². The van der Waals surface area contributed by atoms with Gasteiger partial charge in [-0.05, 0) is 62.2 Å². The van der Waals surface area contributed by atoms with Crippen LogP contribution in [-0.2, 0) is 9.53 Å². The van der Waals surface area contributed by atoms with Gasteiger partial charge in [-0.3, -0.25) is 4.79 Å². The van der Waals surface area contributed by atoms with Crippen molar-refractivity contribution in [2.45, 2.75) is 150 Å². The molecular weight excluding hydrogens is 420 g/mol. The van der Waals surface area contributed by atoms with E-state index in [1.807, 2.05) is 0 Å². The molecule has 0 aromatic carbocycles. The first-order valence-electron chi connectivity index (χ1n) is 14.8.